The molecule has 0 unspecified atom stereocenters. The van der Waals surface area contributed by atoms with Gasteiger partial charge in [-0.2, -0.15) is 0 Å². The van der Waals surface area contributed by atoms with Gasteiger partial charge in [0.2, 0.25) is 20.0 Å². The fraction of sp³-hybridized carbons (Fsp3) is 0.429. The molecule has 114 valence electrons. The summed E-state index contributed by atoms with van der Waals surface area (Å²) in [6.07, 6.45) is 0. The van der Waals surface area contributed by atoms with Crippen LogP contribution < -0.4 is 9.44 Å². The van der Waals surface area contributed by atoms with Crippen LogP contribution in [0.25, 0.3) is 0 Å². The molecule has 0 aliphatic heterocycles. The number of sulfonamides is 2. The van der Waals surface area contributed by atoms with E-state index in [4.69, 9.17) is 11.6 Å². The summed E-state index contributed by atoms with van der Waals surface area (Å²) in [6, 6.07) is 0.821. The summed E-state index contributed by atoms with van der Waals surface area (Å²) in [7, 11) is -6.39. The largest absolute Gasteiger partial charge is 0.300 e. The lowest BCUT2D eigenvalue weighted by Gasteiger charge is -2.04. The van der Waals surface area contributed by atoms with Crippen molar-refractivity contribution in [2.24, 2.45) is 0 Å². The number of thiophene rings is 1. The van der Waals surface area contributed by atoms with E-state index in [9.17, 15) is 26.9 Å². The second kappa shape index (κ2) is 6.32. The van der Waals surface area contributed by atoms with Crippen LogP contribution in [0.3, 0.4) is 0 Å². The first-order chi connectivity index (χ1) is 9.09. The molecule has 0 bridgehead atoms. The van der Waals surface area contributed by atoms with Crippen molar-refractivity contribution in [3.8, 4) is 0 Å². The molecule has 9 nitrogen and oxygen atoms in total. The molecule has 0 fully saturated rings. The molecule has 1 aromatic rings. The van der Waals surface area contributed by atoms with Crippen LogP contribution in [0.2, 0.25) is 4.34 Å². The molecule has 0 atom stereocenters. The summed E-state index contributed by atoms with van der Waals surface area (Å²) in [5.41, 5.74) is -0.514. The molecular formula is C7H10ClN3O6S3. The van der Waals surface area contributed by atoms with Gasteiger partial charge in [-0.25, -0.2) is 26.3 Å². The van der Waals surface area contributed by atoms with Crippen molar-refractivity contribution in [3.05, 3.63) is 20.5 Å². The Balaban J connectivity index is 2.85. The maximum absolute atomic E-state index is 11.8. The van der Waals surface area contributed by atoms with Crippen molar-refractivity contribution in [1.29, 1.82) is 0 Å². The first kappa shape index (κ1) is 17.3. The first-order valence-corrected chi connectivity index (χ1v) is 9.26. The monoisotopic (exact) mass is 363 g/mol. The molecule has 0 amide bonds. The molecule has 0 aliphatic carbocycles. The van der Waals surface area contributed by atoms with Crippen molar-refractivity contribution in [2.75, 3.05) is 19.3 Å². The zero-order valence-corrected chi connectivity index (χ0v) is 13.2. The highest BCUT2D eigenvalue weighted by molar-refractivity contribution is 7.92. The molecule has 0 spiro atoms. The van der Waals surface area contributed by atoms with E-state index in [1.807, 2.05) is 9.44 Å². The van der Waals surface area contributed by atoms with Gasteiger partial charge in [-0.15, -0.1) is 11.3 Å². The Morgan fingerprint density at radius 1 is 1.40 bits per heavy atom. The number of nitro groups is 1. The van der Waals surface area contributed by atoms with Gasteiger partial charge in [0, 0.05) is 12.6 Å². The number of hydrogen-bond acceptors (Lipinski definition) is 7. The third kappa shape index (κ3) is 4.36. The third-order valence-corrected chi connectivity index (χ3v) is 6.72. The lowest BCUT2D eigenvalue weighted by molar-refractivity contribution is -0.384. The molecule has 0 aromatic carbocycles. The SMILES string of the molecule is CNS(=O)(=O)CCNS(=O)(=O)c1cc([N+](=O)[O-])c(Cl)s1. The fourth-order valence-electron chi connectivity index (χ4n) is 1.08. The Morgan fingerprint density at radius 3 is 2.45 bits per heavy atom. The minimum Gasteiger partial charge on any atom is -0.258 e. The first-order valence-electron chi connectivity index (χ1n) is 4.93. The van der Waals surface area contributed by atoms with E-state index in [2.05, 4.69) is 0 Å². The van der Waals surface area contributed by atoms with E-state index in [0.717, 1.165) is 6.07 Å². The summed E-state index contributed by atoms with van der Waals surface area (Å²) >= 11 is 6.08. The van der Waals surface area contributed by atoms with Crippen molar-refractivity contribution in [1.82, 2.24) is 9.44 Å². The second-order valence-electron chi connectivity index (χ2n) is 3.40. The predicted octanol–water partition coefficient (Wildman–Crippen LogP) is 0.137. The molecule has 1 aromatic heterocycles. The molecule has 2 N–H and O–H groups in total. The van der Waals surface area contributed by atoms with E-state index >= 15 is 0 Å². The molecule has 0 saturated heterocycles. The molecule has 0 radical (unpaired) electrons. The van der Waals surface area contributed by atoms with Crippen molar-refractivity contribution < 1.29 is 21.8 Å². The third-order valence-electron chi connectivity index (χ3n) is 2.08. The van der Waals surface area contributed by atoms with Crippen molar-refractivity contribution in [3.63, 3.8) is 0 Å². The van der Waals surface area contributed by atoms with Gasteiger partial charge in [0.15, 0.2) is 4.34 Å². The number of hydrogen-bond donors (Lipinski definition) is 2. The van der Waals surface area contributed by atoms with E-state index in [1.54, 1.807) is 0 Å². The summed E-state index contributed by atoms with van der Waals surface area (Å²) in [4.78, 5) is 9.77. The van der Waals surface area contributed by atoms with Gasteiger partial charge in [-0.05, 0) is 7.05 Å². The lowest BCUT2D eigenvalue weighted by Crippen LogP contribution is -2.32. The average Bonchev–Trinajstić information content (AvgIpc) is 2.71. The Bertz CT molecular complexity index is 710. The van der Waals surface area contributed by atoms with Crippen LogP contribution >= 0.6 is 22.9 Å². The lowest BCUT2D eigenvalue weighted by atomic mass is 10.6. The zero-order valence-electron chi connectivity index (χ0n) is 9.99. The number of halogens is 1. The van der Waals surface area contributed by atoms with Gasteiger partial charge >= 0.3 is 0 Å². The summed E-state index contributed by atoms with van der Waals surface area (Å²) in [5.74, 6) is -0.454. The van der Waals surface area contributed by atoms with Gasteiger partial charge in [0.1, 0.15) is 4.21 Å². The van der Waals surface area contributed by atoms with Crippen LogP contribution in [0.1, 0.15) is 0 Å². The van der Waals surface area contributed by atoms with Gasteiger partial charge < -0.3 is 0 Å². The standard InChI is InChI=1S/C7H10ClN3O6S3/c1-9-19(14,15)3-2-10-20(16,17)6-4-5(11(12)13)7(8)18-6/h4,9-10H,2-3H2,1H3. The normalized spacial score (nSPS) is 12.5. The number of nitrogens with one attached hydrogen (secondary N) is 2. The van der Waals surface area contributed by atoms with Crippen LogP contribution in [0, 0.1) is 10.1 Å². The van der Waals surface area contributed by atoms with Crippen molar-refractivity contribution in [2.45, 2.75) is 4.21 Å². The van der Waals surface area contributed by atoms with Crippen LogP contribution in [-0.4, -0.2) is 41.1 Å². The van der Waals surface area contributed by atoms with Gasteiger partial charge in [0.05, 0.1) is 10.7 Å². The molecule has 1 heterocycles. The molecule has 0 saturated carbocycles. The molecule has 0 aliphatic rings. The van der Waals surface area contributed by atoms with E-state index < -0.39 is 36.4 Å². The number of nitrogens with zero attached hydrogens (tertiary/aromatic N) is 1. The minimum absolute atomic E-state index is 0.266. The van der Waals surface area contributed by atoms with E-state index in [0.29, 0.717) is 11.3 Å². The van der Waals surface area contributed by atoms with Crippen LogP contribution in [-0.2, 0) is 20.0 Å². The van der Waals surface area contributed by atoms with Gasteiger partial charge in [-0.3, -0.25) is 10.1 Å². The predicted molar refractivity (Wildman–Crippen MR) is 74.0 cm³/mol. The molecule has 20 heavy (non-hydrogen) atoms. The summed E-state index contributed by atoms with van der Waals surface area (Å²) in [5, 5.41) is 10.6. The van der Waals surface area contributed by atoms with Crippen LogP contribution in [0.4, 0.5) is 5.69 Å². The topological polar surface area (TPSA) is 135 Å². The van der Waals surface area contributed by atoms with E-state index in [-0.39, 0.29) is 15.1 Å². The smallest absolute Gasteiger partial charge is 0.258 e. The highest BCUT2D eigenvalue weighted by atomic mass is 35.5. The summed E-state index contributed by atoms with van der Waals surface area (Å²) < 4.78 is 49.3. The minimum atomic E-state index is -4.04. The summed E-state index contributed by atoms with van der Waals surface area (Å²) in [6.45, 7) is -0.366. The Morgan fingerprint density at radius 2 is 2.00 bits per heavy atom. The molecule has 13 heteroatoms. The highest BCUT2D eigenvalue weighted by Crippen LogP contribution is 2.35. The Labute approximate surface area is 124 Å². The Kier molecular flexibility index (Phi) is 5.46. The number of rotatable bonds is 7. The Hall–Kier alpha value is -0.790. The zero-order chi connectivity index (χ0) is 15.6. The van der Waals surface area contributed by atoms with Crippen molar-refractivity contribution >= 4 is 48.7 Å². The van der Waals surface area contributed by atoms with Gasteiger partial charge in [0.25, 0.3) is 5.69 Å². The fourth-order valence-corrected chi connectivity index (χ4v) is 4.52. The molecule has 1 rings (SSSR count). The second-order valence-corrected chi connectivity index (χ2v) is 9.10. The highest BCUT2D eigenvalue weighted by Gasteiger charge is 2.25. The molecular weight excluding hydrogens is 354 g/mol. The van der Waals surface area contributed by atoms with Crippen LogP contribution in [0.5, 0.6) is 0 Å². The maximum atomic E-state index is 11.8. The quantitative estimate of drug-likeness (QED) is 0.522. The van der Waals surface area contributed by atoms with E-state index in [1.165, 1.54) is 7.05 Å². The maximum Gasteiger partial charge on any atom is 0.300 e. The van der Waals surface area contributed by atoms with Crippen LogP contribution in [0.15, 0.2) is 10.3 Å². The van der Waals surface area contributed by atoms with Gasteiger partial charge in [-0.1, -0.05) is 11.6 Å². The average molecular weight is 364 g/mol.